The molecule has 0 saturated carbocycles. The van der Waals surface area contributed by atoms with E-state index in [4.69, 9.17) is 0 Å². The smallest absolute Gasteiger partial charge is 0.262 e. The predicted octanol–water partition coefficient (Wildman–Crippen LogP) is 2.58. The standard InChI is InChI=1S/C18H19N5OS/c1-12-8-9-25-15(12)10-21(2)11-16-19-20-18-22(3)17(24)13-6-4-5-7-14(13)23(16)18/h4-9H,10-11H2,1-3H3. The molecule has 0 aliphatic rings. The normalized spacial score (nSPS) is 11.8. The van der Waals surface area contributed by atoms with Crippen LogP contribution < -0.4 is 5.56 Å². The van der Waals surface area contributed by atoms with Gasteiger partial charge in [0.05, 0.1) is 17.4 Å². The summed E-state index contributed by atoms with van der Waals surface area (Å²) in [6, 6.07) is 9.75. The Morgan fingerprint density at radius 1 is 1.16 bits per heavy atom. The molecule has 0 N–H and O–H groups in total. The van der Waals surface area contributed by atoms with Crippen molar-refractivity contribution in [1.29, 1.82) is 0 Å². The minimum atomic E-state index is -0.0513. The van der Waals surface area contributed by atoms with Gasteiger partial charge in [-0.25, -0.2) is 0 Å². The number of rotatable bonds is 4. The monoisotopic (exact) mass is 353 g/mol. The quantitative estimate of drug-likeness (QED) is 0.566. The Bertz CT molecular complexity index is 1120. The van der Waals surface area contributed by atoms with Crippen LogP contribution >= 0.6 is 11.3 Å². The summed E-state index contributed by atoms with van der Waals surface area (Å²) in [6.45, 7) is 3.65. The van der Waals surface area contributed by atoms with Crippen molar-refractivity contribution < 1.29 is 0 Å². The number of hydrogen-bond donors (Lipinski definition) is 0. The highest BCUT2D eigenvalue weighted by molar-refractivity contribution is 7.10. The lowest BCUT2D eigenvalue weighted by Gasteiger charge is -2.16. The number of aryl methyl sites for hydroxylation is 2. The lowest BCUT2D eigenvalue weighted by atomic mass is 10.2. The van der Waals surface area contributed by atoms with Crippen molar-refractivity contribution in [3.63, 3.8) is 0 Å². The Labute approximate surface area is 149 Å². The van der Waals surface area contributed by atoms with Crippen LogP contribution in [0.25, 0.3) is 16.7 Å². The molecule has 7 heteroatoms. The number of aromatic nitrogens is 4. The third-order valence-corrected chi connectivity index (χ3v) is 5.49. The van der Waals surface area contributed by atoms with Crippen molar-refractivity contribution in [1.82, 2.24) is 24.1 Å². The molecule has 0 fully saturated rings. The van der Waals surface area contributed by atoms with Gasteiger partial charge in [0.15, 0.2) is 5.82 Å². The van der Waals surface area contributed by atoms with Crippen LogP contribution in [0.3, 0.4) is 0 Å². The molecule has 0 atom stereocenters. The van der Waals surface area contributed by atoms with Gasteiger partial charge in [-0.15, -0.1) is 21.5 Å². The molecule has 0 radical (unpaired) electrons. The molecule has 4 aromatic rings. The van der Waals surface area contributed by atoms with Gasteiger partial charge >= 0.3 is 0 Å². The van der Waals surface area contributed by atoms with Gasteiger partial charge in [-0.3, -0.25) is 18.7 Å². The van der Waals surface area contributed by atoms with Crippen molar-refractivity contribution in [3.05, 3.63) is 62.3 Å². The molecule has 0 amide bonds. The zero-order valence-corrected chi connectivity index (χ0v) is 15.2. The summed E-state index contributed by atoms with van der Waals surface area (Å²) in [6.07, 6.45) is 0. The Balaban J connectivity index is 1.78. The lowest BCUT2D eigenvalue weighted by molar-refractivity contribution is 0.312. The number of hydrogen-bond acceptors (Lipinski definition) is 5. The zero-order chi connectivity index (χ0) is 17.6. The minimum Gasteiger partial charge on any atom is -0.294 e. The van der Waals surface area contributed by atoms with E-state index in [1.807, 2.05) is 28.7 Å². The van der Waals surface area contributed by atoms with Gasteiger partial charge in [0, 0.05) is 18.5 Å². The average molecular weight is 353 g/mol. The van der Waals surface area contributed by atoms with Crippen LogP contribution in [0, 0.1) is 6.92 Å². The largest absolute Gasteiger partial charge is 0.294 e. The fourth-order valence-corrected chi connectivity index (χ4v) is 4.09. The molecule has 128 valence electrons. The first kappa shape index (κ1) is 16.0. The molecule has 3 aromatic heterocycles. The molecule has 0 saturated heterocycles. The number of thiophene rings is 1. The Morgan fingerprint density at radius 3 is 2.72 bits per heavy atom. The first-order valence-corrected chi connectivity index (χ1v) is 8.97. The highest BCUT2D eigenvalue weighted by Crippen LogP contribution is 2.19. The summed E-state index contributed by atoms with van der Waals surface area (Å²) in [4.78, 5) is 16.1. The van der Waals surface area contributed by atoms with E-state index in [-0.39, 0.29) is 5.56 Å². The van der Waals surface area contributed by atoms with Crippen LogP contribution in [-0.2, 0) is 20.1 Å². The maximum absolute atomic E-state index is 12.5. The molecule has 25 heavy (non-hydrogen) atoms. The Hall–Kier alpha value is -2.51. The molecule has 3 heterocycles. The summed E-state index contributed by atoms with van der Waals surface area (Å²) in [5, 5.41) is 11.4. The van der Waals surface area contributed by atoms with Crippen LogP contribution in [0.15, 0.2) is 40.5 Å². The Morgan fingerprint density at radius 2 is 1.96 bits per heavy atom. The van der Waals surface area contributed by atoms with E-state index in [1.54, 1.807) is 23.0 Å². The number of nitrogens with zero attached hydrogens (tertiary/aromatic N) is 5. The molecule has 0 spiro atoms. The molecular formula is C18H19N5OS. The van der Waals surface area contributed by atoms with Gasteiger partial charge < -0.3 is 0 Å². The molecule has 1 aromatic carbocycles. The fraction of sp³-hybridized carbons (Fsp3) is 0.278. The number of benzene rings is 1. The summed E-state index contributed by atoms with van der Waals surface area (Å²) in [7, 11) is 3.81. The van der Waals surface area contributed by atoms with Crippen LogP contribution in [0.5, 0.6) is 0 Å². The van der Waals surface area contributed by atoms with Crippen LogP contribution in [-0.4, -0.2) is 31.1 Å². The molecular weight excluding hydrogens is 334 g/mol. The topological polar surface area (TPSA) is 55.4 Å². The third-order valence-electron chi connectivity index (χ3n) is 4.49. The van der Waals surface area contributed by atoms with Crippen molar-refractivity contribution >= 4 is 28.0 Å². The van der Waals surface area contributed by atoms with Gasteiger partial charge in [0.1, 0.15) is 0 Å². The maximum Gasteiger partial charge on any atom is 0.262 e. The lowest BCUT2D eigenvalue weighted by Crippen LogP contribution is -2.22. The van der Waals surface area contributed by atoms with Crippen molar-refractivity contribution in [2.24, 2.45) is 7.05 Å². The number of para-hydroxylation sites is 1. The van der Waals surface area contributed by atoms with E-state index >= 15 is 0 Å². The van der Waals surface area contributed by atoms with E-state index in [0.717, 1.165) is 17.9 Å². The van der Waals surface area contributed by atoms with Crippen molar-refractivity contribution in [2.45, 2.75) is 20.0 Å². The minimum absolute atomic E-state index is 0.0513. The van der Waals surface area contributed by atoms with Crippen LogP contribution in [0.2, 0.25) is 0 Å². The molecule has 0 bridgehead atoms. The summed E-state index contributed by atoms with van der Waals surface area (Å²) < 4.78 is 3.54. The van der Waals surface area contributed by atoms with Crippen molar-refractivity contribution in [3.8, 4) is 0 Å². The summed E-state index contributed by atoms with van der Waals surface area (Å²) >= 11 is 1.77. The summed E-state index contributed by atoms with van der Waals surface area (Å²) in [5.41, 5.74) is 2.11. The van der Waals surface area contributed by atoms with Crippen LogP contribution in [0.4, 0.5) is 0 Å². The molecule has 0 aliphatic carbocycles. The van der Waals surface area contributed by atoms with E-state index < -0.39 is 0 Å². The SMILES string of the molecule is Cc1ccsc1CN(C)Cc1nnc2n(C)c(=O)c3ccccc3n12. The van der Waals surface area contributed by atoms with Gasteiger partial charge in [-0.1, -0.05) is 12.1 Å². The molecule has 0 unspecified atom stereocenters. The van der Waals surface area contributed by atoms with Gasteiger partial charge in [0.25, 0.3) is 5.56 Å². The van der Waals surface area contributed by atoms with Gasteiger partial charge in [0.2, 0.25) is 5.78 Å². The maximum atomic E-state index is 12.5. The molecule has 6 nitrogen and oxygen atoms in total. The second-order valence-corrected chi connectivity index (χ2v) is 7.33. The first-order chi connectivity index (χ1) is 12.1. The zero-order valence-electron chi connectivity index (χ0n) is 14.4. The Kier molecular flexibility index (Phi) is 3.89. The second-order valence-electron chi connectivity index (χ2n) is 6.33. The first-order valence-electron chi connectivity index (χ1n) is 8.09. The van der Waals surface area contributed by atoms with E-state index in [0.29, 0.717) is 17.7 Å². The predicted molar refractivity (Wildman–Crippen MR) is 100.0 cm³/mol. The number of fused-ring (bicyclic) bond motifs is 3. The summed E-state index contributed by atoms with van der Waals surface area (Å²) in [5.74, 6) is 1.40. The third kappa shape index (κ3) is 2.65. The highest BCUT2D eigenvalue weighted by Gasteiger charge is 2.16. The second kappa shape index (κ2) is 6.09. The average Bonchev–Trinajstić information content (AvgIpc) is 3.20. The van der Waals surface area contributed by atoms with E-state index in [2.05, 4.69) is 40.5 Å². The van der Waals surface area contributed by atoms with E-state index in [1.165, 1.54) is 10.4 Å². The fourth-order valence-electron chi connectivity index (χ4n) is 3.10. The van der Waals surface area contributed by atoms with Gasteiger partial charge in [-0.2, -0.15) is 0 Å². The van der Waals surface area contributed by atoms with Gasteiger partial charge in [-0.05, 0) is 43.1 Å². The highest BCUT2D eigenvalue weighted by atomic mass is 32.1. The molecule has 0 aliphatic heterocycles. The van der Waals surface area contributed by atoms with E-state index in [9.17, 15) is 4.79 Å². The van der Waals surface area contributed by atoms with Crippen LogP contribution in [0.1, 0.15) is 16.3 Å². The molecule has 4 rings (SSSR count). The van der Waals surface area contributed by atoms with Crippen molar-refractivity contribution in [2.75, 3.05) is 7.05 Å².